The molecule has 90 valence electrons. The number of para-hydroxylation sites is 1. The van der Waals surface area contributed by atoms with E-state index in [9.17, 15) is 4.79 Å². The second kappa shape index (κ2) is 4.24. The summed E-state index contributed by atoms with van der Waals surface area (Å²) in [6.45, 7) is 4.24. The fourth-order valence-corrected chi connectivity index (χ4v) is 2.06. The van der Waals surface area contributed by atoms with Crippen LogP contribution in [0, 0.1) is 0 Å². The highest BCUT2D eigenvalue weighted by Crippen LogP contribution is 2.24. The zero-order valence-electron chi connectivity index (χ0n) is 10.8. The summed E-state index contributed by atoms with van der Waals surface area (Å²) in [6, 6.07) is 8.28. The average molecular weight is 230 g/mol. The molecule has 2 rings (SSSR count). The molecule has 0 radical (unpaired) electrons. The van der Waals surface area contributed by atoms with Gasteiger partial charge in [0.15, 0.2) is 0 Å². The Morgan fingerprint density at radius 2 is 1.94 bits per heavy atom. The van der Waals surface area contributed by atoms with E-state index in [1.54, 1.807) is 19.0 Å². The lowest BCUT2D eigenvalue weighted by Gasteiger charge is -2.15. The van der Waals surface area contributed by atoms with Crippen molar-refractivity contribution in [2.75, 3.05) is 14.1 Å². The lowest BCUT2D eigenvalue weighted by Crippen LogP contribution is -2.22. The molecule has 0 aliphatic carbocycles. The minimum absolute atomic E-state index is 0.0520. The van der Waals surface area contributed by atoms with Crippen LogP contribution in [0.2, 0.25) is 0 Å². The van der Waals surface area contributed by atoms with Gasteiger partial charge < -0.3 is 9.47 Å². The monoisotopic (exact) mass is 230 g/mol. The molecule has 1 aromatic heterocycles. The number of benzene rings is 1. The van der Waals surface area contributed by atoms with Crippen LogP contribution in [0.5, 0.6) is 0 Å². The van der Waals surface area contributed by atoms with E-state index in [4.69, 9.17) is 0 Å². The summed E-state index contributed by atoms with van der Waals surface area (Å²) in [5, 5.41) is 1.12. The van der Waals surface area contributed by atoms with E-state index in [0.29, 0.717) is 6.04 Å². The van der Waals surface area contributed by atoms with E-state index in [-0.39, 0.29) is 5.91 Å². The lowest BCUT2D eigenvalue weighted by molar-refractivity contribution is 0.0829. The molecule has 17 heavy (non-hydrogen) atoms. The fourth-order valence-electron chi connectivity index (χ4n) is 2.06. The molecular formula is C14H18N2O. The van der Waals surface area contributed by atoms with Crippen molar-refractivity contribution < 1.29 is 4.79 Å². The molecule has 0 atom stereocenters. The Balaban J connectivity index is 2.70. The molecule has 0 saturated carbocycles. The number of aromatic nitrogens is 1. The molecule has 0 fully saturated rings. The van der Waals surface area contributed by atoms with Crippen molar-refractivity contribution >= 4 is 16.8 Å². The van der Waals surface area contributed by atoms with Crippen LogP contribution in [0.15, 0.2) is 30.5 Å². The van der Waals surface area contributed by atoms with Gasteiger partial charge in [0.1, 0.15) is 0 Å². The van der Waals surface area contributed by atoms with Crippen LogP contribution in [-0.4, -0.2) is 29.5 Å². The summed E-state index contributed by atoms with van der Waals surface area (Å²) in [5.74, 6) is 0.0520. The van der Waals surface area contributed by atoms with Crippen LogP contribution in [-0.2, 0) is 0 Å². The van der Waals surface area contributed by atoms with Crippen LogP contribution in [0.1, 0.15) is 30.2 Å². The maximum Gasteiger partial charge on any atom is 0.255 e. The predicted molar refractivity (Wildman–Crippen MR) is 70.3 cm³/mol. The topological polar surface area (TPSA) is 25.2 Å². The molecule has 0 spiro atoms. The van der Waals surface area contributed by atoms with Gasteiger partial charge in [0, 0.05) is 31.7 Å². The van der Waals surface area contributed by atoms with Gasteiger partial charge in [-0.25, -0.2) is 0 Å². The highest BCUT2D eigenvalue weighted by molar-refractivity contribution is 6.05. The van der Waals surface area contributed by atoms with Crippen LogP contribution < -0.4 is 0 Å². The molecule has 0 unspecified atom stereocenters. The first-order valence-corrected chi connectivity index (χ1v) is 5.83. The van der Waals surface area contributed by atoms with Crippen molar-refractivity contribution in [3.63, 3.8) is 0 Å². The second-order valence-corrected chi connectivity index (χ2v) is 4.76. The normalized spacial score (nSPS) is 11.1. The molecular weight excluding hydrogens is 212 g/mol. The van der Waals surface area contributed by atoms with Crippen LogP contribution in [0.3, 0.4) is 0 Å². The van der Waals surface area contributed by atoms with Gasteiger partial charge in [0.05, 0.1) is 11.1 Å². The standard InChI is InChI=1S/C14H18N2O/c1-10(2)16-9-8-11-6-5-7-12(13(11)16)14(17)15(3)4/h5-10H,1-4H3. The summed E-state index contributed by atoms with van der Waals surface area (Å²) in [4.78, 5) is 13.8. The third kappa shape index (κ3) is 1.93. The van der Waals surface area contributed by atoms with Gasteiger partial charge in [-0.2, -0.15) is 0 Å². The van der Waals surface area contributed by atoms with Crippen molar-refractivity contribution in [3.05, 3.63) is 36.0 Å². The van der Waals surface area contributed by atoms with E-state index >= 15 is 0 Å². The molecule has 0 aliphatic rings. The first-order valence-electron chi connectivity index (χ1n) is 5.83. The van der Waals surface area contributed by atoms with Gasteiger partial charge in [0.25, 0.3) is 5.91 Å². The zero-order valence-corrected chi connectivity index (χ0v) is 10.8. The summed E-state index contributed by atoms with van der Waals surface area (Å²) < 4.78 is 2.14. The number of carbonyl (C=O) groups excluding carboxylic acids is 1. The molecule has 3 nitrogen and oxygen atoms in total. The van der Waals surface area contributed by atoms with Gasteiger partial charge in [0.2, 0.25) is 0 Å². The number of amides is 1. The van der Waals surface area contributed by atoms with Crippen LogP contribution in [0.4, 0.5) is 0 Å². The number of nitrogens with zero attached hydrogens (tertiary/aromatic N) is 2. The smallest absolute Gasteiger partial charge is 0.255 e. The Morgan fingerprint density at radius 1 is 1.24 bits per heavy atom. The van der Waals surface area contributed by atoms with Crippen molar-refractivity contribution in [1.29, 1.82) is 0 Å². The molecule has 3 heteroatoms. The van der Waals surface area contributed by atoms with Gasteiger partial charge in [-0.05, 0) is 26.0 Å². The minimum Gasteiger partial charge on any atom is -0.345 e. The number of rotatable bonds is 2. The number of carbonyl (C=O) groups is 1. The maximum atomic E-state index is 12.1. The zero-order chi connectivity index (χ0) is 12.6. The van der Waals surface area contributed by atoms with E-state index < -0.39 is 0 Å². The third-order valence-electron chi connectivity index (χ3n) is 2.93. The molecule has 2 aromatic rings. The molecule has 0 aliphatic heterocycles. The van der Waals surface area contributed by atoms with E-state index in [1.165, 1.54) is 0 Å². The Morgan fingerprint density at radius 3 is 2.53 bits per heavy atom. The molecule has 0 bridgehead atoms. The molecule has 0 N–H and O–H groups in total. The highest BCUT2D eigenvalue weighted by Gasteiger charge is 2.15. The van der Waals surface area contributed by atoms with Gasteiger partial charge in [-0.15, -0.1) is 0 Å². The minimum atomic E-state index is 0.0520. The number of hydrogen-bond donors (Lipinski definition) is 0. The number of fused-ring (bicyclic) bond motifs is 1. The second-order valence-electron chi connectivity index (χ2n) is 4.76. The van der Waals surface area contributed by atoms with Gasteiger partial charge >= 0.3 is 0 Å². The summed E-state index contributed by atoms with van der Waals surface area (Å²) >= 11 is 0. The molecule has 1 heterocycles. The summed E-state index contributed by atoms with van der Waals surface area (Å²) in [6.07, 6.45) is 2.04. The lowest BCUT2D eigenvalue weighted by atomic mass is 10.1. The Hall–Kier alpha value is -1.77. The van der Waals surface area contributed by atoms with Gasteiger partial charge in [-0.1, -0.05) is 12.1 Å². The first kappa shape index (κ1) is 11.7. The Kier molecular flexibility index (Phi) is 2.92. The average Bonchev–Trinajstić information content (AvgIpc) is 2.71. The van der Waals surface area contributed by atoms with E-state index in [1.807, 2.05) is 24.4 Å². The van der Waals surface area contributed by atoms with Crippen molar-refractivity contribution in [2.45, 2.75) is 19.9 Å². The Bertz CT molecular complexity index is 552. The van der Waals surface area contributed by atoms with E-state index in [2.05, 4.69) is 24.5 Å². The van der Waals surface area contributed by atoms with Crippen molar-refractivity contribution in [1.82, 2.24) is 9.47 Å². The Labute approximate surface area is 102 Å². The fraction of sp³-hybridized carbons (Fsp3) is 0.357. The number of hydrogen-bond acceptors (Lipinski definition) is 1. The predicted octanol–water partition coefficient (Wildman–Crippen LogP) is 2.92. The quantitative estimate of drug-likeness (QED) is 0.778. The SMILES string of the molecule is CC(C)n1ccc2cccc(C(=O)N(C)C)c21. The van der Waals surface area contributed by atoms with Crippen LogP contribution >= 0.6 is 0 Å². The van der Waals surface area contributed by atoms with Crippen molar-refractivity contribution in [3.8, 4) is 0 Å². The molecule has 0 saturated heterocycles. The maximum absolute atomic E-state index is 12.1. The first-order chi connectivity index (χ1) is 8.02. The summed E-state index contributed by atoms with van der Waals surface area (Å²) in [5.41, 5.74) is 1.80. The molecule has 1 aromatic carbocycles. The largest absolute Gasteiger partial charge is 0.345 e. The van der Waals surface area contributed by atoms with Gasteiger partial charge in [-0.3, -0.25) is 4.79 Å². The van der Waals surface area contributed by atoms with Crippen LogP contribution in [0.25, 0.3) is 10.9 Å². The third-order valence-corrected chi connectivity index (χ3v) is 2.93. The molecule has 1 amide bonds. The van der Waals surface area contributed by atoms with E-state index in [0.717, 1.165) is 16.5 Å². The summed E-state index contributed by atoms with van der Waals surface area (Å²) in [7, 11) is 3.56. The van der Waals surface area contributed by atoms with Crippen molar-refractivity contribution in [2.24, 2.45) is 0 Å². The highest BCUT2D eigenvalue weighted by atomic mass is 16.2.